The normalized spacial score (nSPS) is 20.7. The number of benzene rings is 1. The summed E-state index contributed by atoms with van der Waals surface area (Å²) in [6.07, 6.45) is 9.07. The van der Waals surface area contributed by atoms with E-state index in [4.69, 9.17) is 27.9 Å². The van der Waals surface area contributed by atoms with Crippen molar-refractivity contribution in [1.29, 1.82) is 0 Å². The number of fused-ring (bicyclic) bond motifs is 2. The van der Waals surface area contributed by atoms with E-state index in [1.54, 1.807) is 18.0 Å². The Morgan fingerprint density at radius 3 is 2.63 bits per heavy atom. The molecule has 1 aromatic carbocycles. The molecule has 5 rings (SSSR count). The molecule has 4 aliphatic rings. The van der Waals surface area contributed by atoms with Crippen LogP contribution in [0, 0.1) is 0 Å². The van der Waals surface area contributed by atoms with Crippen LogP contribution in [-0.2, 0) is 27.3 Å². The van der Waals surface area contributed by atoms with Crippen LogP contribution in [0.4, 0.5) is 0 Å². The van der Waals surface area contributed by atoms with Gasteiger partial charge in [-0.1, -0.05) is 41.4 Å². The Labute approximate surface area is 248 Å². The third kappa shape index (κ3) is 5.81. The molecule has 2 atom stereocenters. The Morgan fingerprint density at radius 1 is 1.20 bits per heavy atom. The van der Waals surface area contributed by atoms with Crippen LogP contribution in [0.3, 0.4) is 0 Å². The summed E-state index contributed by atoms with van der Waals surface area (Å²) in [6.45, 7) is 4.16. The van der Waals surface area contributed by atoms with E-state index in [-0.39, 0.29) is 40.7 Å². The molecule has 0 aromatic heterocycles. The maximum atomic E-state index is 13.4. The molecule has 3 aliphatic heterocycles. The van der Waals surface area contributed by atoms with Gasteiger partial charge in [0.15, 0.2) is 11.7 Å². The highest BCUT2D eigenvalue weighted by Crippen LogP contribution is 2.38. The van der Waals surface area contributed by atoms with Crippen LogP contribution < -0.4 is 10.6 Å². The fourth-order valence-electron chi connectivity index (χ4n) is 5.72. The molecule has 3 heterocycles. The molecule has 3 N–H and O–H groups in total. The zero-order valence-electron chi connectivity index (χ0n) is 23.0. The second kappa shape index (κ2) is 12.2. The number of rotatable bonds is 6. The first-order valence-corrected chi connectivity index (χ1v) is 14.5. The number of nitrogens with zero attached hydrogens (tertiary/aromatic N) is 3. The second-order valence-corrected chi connectivity index (χ2v) is 11.3. The van der Waals surface area contributed by atoms with Gasteiger partial charge < -0.3 is 30.3 Å². The summed E-state index contributed by atoms with van der Waals surface area (Å²) in [4.78, 5) is 46.6. The lowest BCUT2D eigenvalue weighted by Gasteiger charge is -2.31. The summed E-state index contributed by atoms with van der Waals surface area (Å²) >= 11 is 13.2. The lowest BCUT2D eigenvalue weighted by atomic mass is 9.95. The van der Waals surface area contributed by atoms with Gasteiger partial charge in [0.05, 0.1) is 15.6 Å². The standard InChI is InChI=1S/C29H33Cl2N5O5/c1-16-18-7-3-4-8-22(18)41-25(16)27(38)36-12-9-19-17(15-36)13-20(30)23(24(19)31)26(37)34-21(28(39)40)14-33-29(32-2)35-10-5-6-11-35/h3-4,7,13,21-22H,5-6,8-12,14-15H2,1-2H3,(H,32,33)(H,34,37)(H,39,40)/t21-,22?/m0/s1. The van der Waals surface area contributed by atoms with Crippen LogP contribution in [0.2, 0.25) is 10.0 Å². The number of aliphatic imine (C=N–C) groups is 1. The number of hydrogen-bond acceptors (Lipinski definition) is 5. The van der Waals surface area contributed by atoms with E-state index >= 15 is 0 Å². The highest BCUT2D eigenvalue weighted by molar-refractivity contribution is 6.40. The van der Waals surface area contributed by atoms with E-state index in [0.717, 1.165) is 49.1 Å². The minimum absolute atomic E-state index is 0.0169. The van der Waals surface area contributed by atoms with Crippen LogP contribution in [0.1, 0.15) is 47.7 Å². The Morgan fingerprint density at radius 2 is 1.95 bits per heavy atom. The zero-order valence-corrected chi connectivity index (χ0v) is 24.5. The molecular weight excluding hydrogens is 569 g/mol. The highest BCUT2D eigenvalue weighted by Gasteiger charge is 2.36. The molecule has 218 valence electrons. The summed E-state index contributed by atoms with van der Waals surface area (Å²) in [5.74, 6) is -1.13. The van der Waals surface area contributed by atoms with Gasteiger partial charge in [0.2, 0.25) is 0 Å². The number of carboxylic acids is 1. The number of guanidine groups is 1. The molecule has 41 heavy (non-hydrogen) atoms. The van der Waals surface area contributed by atoms with Gasteiger partial charge >= 0.3 is 5.97 Å². The number of hydrogen-bond donors (Lipinski definition) is 3. The van der Waals surface area contributed by atoms with Crippen molar-refractivity contribution >= 4 is 46.9 Å². The van der Waals surface area contributed by atoms with Gasteiger partial charge in [-0.25, -0.2) is 4.79 Å². The van der Waals surface area contributed by atoms with Gasteiger partial charge in [0, 0.05) is 51.8 Å². The van der Waals surface area contributed by atoms with Gasteiger partial charge in [-0.2, -0.15) is 0 Å². The van der Waals surface area contributed by atoms with Crippen molar-refractivity contribution in [3.63, 3.8) is 0 Å². The Kier molecular flexibility index (Phi) is 8.60. The van der Waals surface area contributed by atoms with E-state index in [0.29, 0.717) is 30.2 Å². The van der Waals surface area contributed by atoms with Crippen molar-refractivity contribution in [3.8, 4) is 0 Å². The van der Waals surface area contributed by atoms with Crippen molar-refractivity contribution in [1.82, 2.24) is 20.4 Å². The maximum Gasteiger partial charge on any atom is 0.328 e. The zero-order chi connectivity index (χ0) is 29.3. The fraction of sp³-hybridized carbons (Fsp3) is 0.448. The number of likely N-dealkylation sites (tertiary alicyclic amines) is 1. The fourth-order valence-corrected chi connectivity index (χ4v) is 6.48. The number of carbonyl (C=O) groups excluding carboxylic acids is 2. The monoisotopic (exact) mass is 601 g/mol. The minimum Gasteiger partial charge on any atom is -0.480 e. The first-order valence-electron chi connectivity index (χ1n) is 13.7. The first kappa shape index (κ1) is 29.0. The van der Waals surface area contributed by atoms with E-state index in [2.05, 4.69) is 15.6 Å². The lowest BCUT2D eigenvalue weighted by Crippen LogP contribution is -2.51. The minimum atomic E-state index is -1.24. The number of allylic oxidation sites excluding steroid dienone is 2. The number of carboxylic acid groups (broad SMARTS) is 1. The Hall–Kier alpha value is -3.50. The Balaban J connectivity index is 1.28. The average molecular weight is 603 g/mol. The predicted octanol–water partition coefficient (Wildman–Crippen LogP) is 3.29. The van der Waals surface area contributed by atoms with E-state index < -0.39 is 17.9 Å². The van der Waals surface area contributed by atoms with Crippen molar-refractivity contribution in [2.75, 3.05) is 33.2 Å². The summed E-state index contributed by atoms with van der Waals surface area (Å²) in [5.41, 5.74) is 3.33. The molecule has 1 aliphatic carbocycles. The number of ether oxygens (including phenoxy) is 1. The van der Waals surface area contributed by atoms with E-state index in [1.165, 1.54) is 0 Å². The van der Waals surface area contributed by atoms with E-state index in [1.807, 2.05) is 30.1 Å². The van der Waals surface area contributed by atoms with Crippen LogP contribution >= 0.6 is 23.2 Å². The summed E-state index contributed by atoms with van der Waals surface area (Å²) in [5, 5.41) is 15.6. The molecule has 1 aromatic rings. The van der Waals surface area contributed by atoms with Crippen LogP contribution in [0.5, 0.6) is 0 Å². The molecule has 0 spiro atoms. The molecular formula is C29H33Cl2N5O5. The van der Waals surface area contributed by atoms with Gasteiger partial charge in [-0.3, -0.25) is 14.6 Å². The molecule has 1 fully saturated rings. The number of nitrogens with one attached hydrogen (secondary N) is 2. The first-order chi connectivity index (χ1) is 19.7. The molecule has 0 bridgehead atoms. The highest BCUT2D eigenvalue weighted by atomic mass is 35.5. The molecule has 0 saturated carbocycles. The van der Waals surface area contributed by atoms with Crippen molar-refractivity contribution < 1.29 is 24.2 Å². The maximum absolute atomic E-state index is 13.4. The number of halogens is 2. The average Bonchev–Trinajstić information content (AvgIpc) is 3.60. The van der Waals surface area contributed by atoms with Crippen molar-refractivity contribution in [3.05, 3.63) is 67.9 Å². The lowest BCUT2D eigenvalue weighted by molar-refractivity contribution is -0.139. The van der Waals surface area contributed by atoms with Crippen molar-refractivity contribution in [2.24, 2.45) is 4.99 Å². The summed E-state index contributed by atoms with van der Waals surface area (Å²) in [7, 11) is 1.64. The summed E-state index contributed by atoms with van der Waals surface area (Å²) in [6, 6.07) is 0.388. The quantitative estimate of drug-likeness (QED) is 0.337. The molecule has 1 unspecified atom stereocenters. The van der Waals surface area contributed by atoms with Gasteiger partial charge in [-0.05, 0) is 49.0 Å². The third-order valence-electron chi connectivity index (χ3n) is 7.94. The summed E-state index contributed by atoms with van der Waals surface area (Å²) < 4.78 is 6.01. The molecule has 1 saturated heterocycles. The predicted molar refractivity (Wildman–Crippen MR) is 156 cm³/mol. The number of carbonyl (C=O) groups is 3. The molecule has 10 nitrogen and oxygen atoms in total. The molecule has 12 heteroatoms. The third-order valence-corrected chi connectivity index (χ3v) is 8.66. The Bertz CT molecular complexity index is 1400. The number of aliphatic carboxylic acids is 1. The molecule has 0 radical (unpaired) electrons. The van der Waals surface area contributed by atoms with Crippen LogP contribution in [0.25, 0.3) is 0 Å². The van der Waals surface area contributed by atoms with Crippen molar-refractivity contribution in [2.45, 2.75) is 51.3 Å². The van der Waals surface area contributed by atoms with Crippen LogP contribution in [-0.4, -0.2) is 84.0 Å². The van der Waals surface area contributed by atoms with Gasteiger partial charge in [-0.15, -0.1) is 0 Å². The van der Waals surface area contributed by atoms with Crippen LogP contribution in [0.15, 0.2) is 46.2 Å². The largest absolute Gasteiger partial charge is 0.480 e. The smallest absolute Gasteiger partial charge is 0.328 e. The van der Waals surface area contributed by atoms with Gasteiger partial charge in [0.1, 0.15) is 12.1 Å². The van der Waals surface area contributed by atoms with Gasteiger partial charge in [0.25, 0.3) is 11.8 Å². The van der Waals surface area contributed by atoms with E-state index in [9.17, 15) is 19.5 Å². The SMILES string of the molecule is C/N=C(/NC[C@H](NC(=O)c1c(Cl)cc2c(c1Cl)CCN(C(=O)C1=C(C)C3=CC=CCC3O1)C2)C(=O)O)N1CCCC1. The molecule has 2 amide bonds. The second-order valence-electron chi connectivity index (χ2n) is 10.5. The number of amides is 2. The topological polar surface area (TPSA) is 124 Å².